The monoisotopic (exact) mass is 323 g/mol. The highest BCUT2D eigenvalue weighted by atomic mass is 79.9. The van der Waals surface area contributed by atoms with Crippen LogP contribution in [0, 0.1) is 0 Å². The number of pyridine rings is 1. The molecule has 0 spiro atoms. The SMILES string of the molecule is O=C1Cc2cc(Cl)ncc2C1(Br)Br. The van der Waals surface area contributed by atoms with Crippen molar-refractivity contribution in [3.05, 3.63) is 28.5 Å². The van der Waals surface area contributed by atoms with Gasteiger partial charge in [-0.1, -0.05) is 43.5 Å². The standard InChI is InChI=1S/C8H4Br2ClNO/c9-8(10)5-3-12-7(11)2-4(5)1-6(8)13/h2-3H,1H2. The molecule has 0 aromatic carbocycles. The zero-order valence-electron chi connectivity index (χ0n) is 6.35. The quantitative estimate of drug-likeness (QED) is 0.542. The molecule has 68 valence electrons. The van der Waals surface area contributed by atoms with Crippen molar-refractivity contribution < 1.29 is 4.79 Å². The molecule has 2 nitrogen and oxygen atoms in total. The van der Waals surface area contributed by atoms with Crippen LogP contribution < -0.4 is 0 Å². The number of rotatable bonds is 0. The van der Waals surface area contributed by atoms with Gasteiger partial charge in [-0.25, -0.2) is 4.98 Å². The van der Waals surface area contributed by atoms with E-state index < -0.39 is 3.23 Å². The molecule has 1 aromatic rings. The van der Waals surface area contributed by atoms with E-state index >= 15 is 0 Å². The summed E-state index contributed by atoms with van der Waals surface area (Å²) in [7, 11) is 0. The molecule has 5 heteroatoms. The second-order valence-electron chi connectivity index (χ2n) is 2.84. The number of hydrogen-bond donors (Lipinski definition) is 0. The number of Topliss-reactive ketones (excluding diaryl/α,β-unsaturated/α-hetero) is 1. The van der Waals surface area contributed by atoms with E-state index in [4.69, 9.17) is 11.6 Å². The highest BCUT2D eigenvalue weighted by Crippen LogP contribution is 2.46. The highest BCUT2D eigenvalue weighted by molar-refractivity contribution is 9.25. The van der Waals surface area contributed by atoms with Crippen LogP contribution in [0.1, 0.15) is 11.1 Å². The summed E-state index contributed by atoms with van der Waals surface area (Å²) in [6.07, 6.45) is 2.01. The minimum atomic E-state index is -0.757. The highest BCUT2D eigenvalue weighted by Gasteiger charge is 2.42. The number of alkyl halides is 2. The summed E-state index contributed by atoms with van der Waals surface area (Å²) in [4.78, 5) is 15.4. The fourth-order valence-corrected chi connectivity index (χ4v) is 2.51. The summed E-state index contributed by atoms with van der Waals surface area (Å²) in [6, 6.07) is 1.72. The molecule has 0 radical (unpaired) electrons. The van der Waals surface area contributed by atoms with E-state index in [1.807, 2.05) is 0 Å². The third-order valence-corrected chi connectivity index (χ3v) is 3.94. The van der Waals surface area contributed by atoms with Gasteiger partial charge in [0, 0.05) is 18.2 Å². The minimum Gasteiger partial charge on any atom is -0.296 e. The number of carbonyl (C=O) groups is 1. The van der Waals surface area contributed by atoms with Gasteiger partial charge < -0.3 is 0 Å². The number of hydrogen-bond acceptors (Lipinski definition) is 2. The molecule has 2 rings (SSSR count). The first-order chi connectivity index (χ1) is 6.01. The summed E-state index contributed by atoms with van der Waals surface area (Å²) in [5, 5.41) is 0.421. The van der Waals surface area contributed by atoms with Crippen LogP contribution in [-0.2, 0) is 14.4 Å². The van der Waals surface area contributed by atoms with Crippen LogP contribution in [0.15, 0.2) is 12.3 Å². The molecule has 0 saturated carbocycles. The topological polar surface area (TPSA) is 30.0 Å². The van der Waals surface area contributed by atoms with Crippen molar-refractivity contribution in [3.63, 3.8) is 0 Å². The van der Waals surface area contributed by atoms with Gasteiger partial charge in [0.1, 0.15) is 5.15 Å². The van der Waals surface area contributed by atoms with Crippen LogP contribution in [0.25, 0.3) is 0 Å². The van der Waals surface area contributed by atoms with Crippen LogP contribution in [0.5, 0.6) is 0 Å². The average molecular weight is 325 g/mol. The molecule has 0 saturated heterocycles. The van der Waals surface area contributed by atoms with Gasteiger partial charge in [0.15, 0.2) is 9.02 Å². The van der Waals surface area contributed by atoms with E-state index in [2.05, 4.69) is 36.8 Å². The van der Waals surface area contributed by atoms with Crippen molar-refractivity contribution in [3.8, 4) is 0 Å². The van der Waals surface area contributed by atoms with Crippen LogP contribution in [0.2, 0.25) is 5.15 Å². The van der Waals surface area contributed by atoms with Crippen molar-refractivity contribution >= 4 is 49.2 Å². The summed E-state index contributed by atoms with van der Waals surface area (Å²) < 4.78 is -0.757. The summed E-state index contributed by atoms with van der Waals surface area (Å²) in [5.74, 6) is 0.0755. The molecule has 1 heterocycles. The zero-order chi connectivity index (χ0) is 9.64. The molecule has 0 aliphatic heterocycles. The zero-order valence-corrected chi connectivity index (χ0v) is 10.3. The van der Waals surface area contributed by atoms with E-state index in [1.165, 1.54) is 0 Å². The van der Waals surface area contributed by atoms with Crippen LogP contribution in [0.4, 0.5) is 0 Å². The van der Waals surface area contributed by atoms with E-state index in [1.54, 1.807) is 12.3 Å². The normalized spacial score (nSPS) is 18.8. The Morgan fingerprint density at radius 1 is 1.54 bits per heavy atom. The van der Waals surface area contributed by atoms with E-state index in [0.29, 0.717) is 11.6 Å². The van der Waals surface area contributed by atoms with Crippen molar-refractivity contribution in [1.82, 2.24) is 4.98 Å². The third-order valence-electron chi connectivity index (χ3n) is 2.00. The Bertz CT molecular complexity index is 392. The van der Waals surface area contributed by atoms with Gasteiger partial charge in [-0.3, -0.25) is 4.79 Å². The largest absolute Gasteiger partial charge is 0.296 e. The Labute approximate surface area is 96.9 Å². The van der Waals surface area contributed by atoms with Gasteiger partial charge in [-0.15, -0.1) is 0 Å². The predicted octanol–water partition coefficient (Wildman–Crippen LogP) is 2.80. The molecular weight excluding hydrogens is 321 g/mol. The second-order valence-corrected chi connectivity index (χ2v) is 6.67. The van der Waals surface area contributed by atoms with E-state index in [-0.39, 0.29) is 5.78 Å². The Morgan fingerprint density at radius 3 is 2.92 bits per heavy atom. The molecule has 1 aliphatic carbocycles. The second kappa shape index (κ2) is 3.04. The Balaban J connectivity index is 2.62. The lowest BCUT2D eigenvalue weighted by Gasteiger charge is -2.11. The Hall–Kier alpha value is 0.0700. The van der Waals surface area contributed by atoms with E-state index in [9.17, 15) is 4.79 Å². The molecule has 1 aliphatic rings. The number of nitrogens with zero attached hydrogens (tertiary/aromatic N) is 1. The first kappa shape index (κ1) is 9.62. The van der Waals surface area contributed by atoms with Gasteiger partial charge in [0.2, 0.25) is 0 Å². The first-order valence-corrected chi connectivity index (χ1v) is 5.54. The first-order valence-electron chi connectivity index (χ1n) is 3.58. The number of ketones is 1. The summed E-state index contributed by atoms with van der Waals surface area (Å²) in [5.41, 5.74) is 1.78. The van der Waals surface area contributed by atoms with Crippen molar-refractivity contribution in [2.24, 2.45) is 0 Å². The minimum absolute atomic E-state index is 0.0755. The van der Waals surface area contributed by atoms with Crippen LogP contribution in [-0.4, -0.2) is 10.8 Å². The number of aromatic nitrogens is 1. The third kappa shape index (κ3) is 1.45. The maximum absolute atomic E-state index is 11.5. The van der Waals surface area contributed by atoms with Gasteiger partial charge in [0.05, 0.1) is 0 Å². The van der Waals surface area contributed by atoms with Crippen molar-refractivity contribution in [1.29, 1.82) is 0 Å². The van der Waals surface area contributed by atoms with Gasteiger partial charge >= 0.3 is 0 Å². The lowest BCUT2D eigenvalue weighted by Crippen LogP contribution is -2.15. The lowest BCUT2D eigenvalue weighted by atomic mass is 10.2. The average Bonchev–Trinajstić information content (AvgIpc) is 2.23. The maximum Gasteiger partial charge on any atom is 0.169 e. The summed E-state index contributed by atoms with van der Waals surface area (Å²) >= 11 is 12.3. The van der Waals surface area contributed by atoms with Crippen molar-refractivity contribution in [2.75, 3.05) is 0 Å². The van der Waals surface area contributed by atoms with Gasteiger partial charge in [-0.2, -0.15) is 0 Å². The molecule has 0 amide bonds. The predicted molar refractivity (Wildman–Crippen MR) is 57.5 cm³/mol. The molecule has 0 unspecified atom stereocenters. The Kier molecular flexibility index (Phi) is 2.25. The number of fused-ring (bicyclic) bond motifs is 1. The molecule has 0 bridgehead atoms. The van der Waals surface area contributed by atoms with Gasteiger partial charge in [-0.05, 0) is 11.6 Å². The van der Waals surface area contributed by atoms with Crippen molar-refractivity contribution in [2.45, 2.75) is 9.65 Å². The Morgan fingerprint density at radius 2 is 2.23 bits per heavy atom. The fourth-order valence-electron chi connectivity index (χ4n) is 1.33. The molecule has 0 atom stereocenters. The molecule has 1 aromatic heterocycles. The maximum atomic E-state index is 11.5. The smallest absolute Gasteiger partial charge is 0.169 e. The number of halogens is 3. The number of carbonyl (C=O) groups excluding carboxylic acids is 1. The molecule has 0 fully saturated rings. The van der Waals surface area contributed by atoms with Crippen LogP contribution in [0.3, 0.4) is 0 Å². The van der Waals surface area contributed by atoms with Crippen LogP contribution >= 0.6 is 43.5 Å². The molecule has 13 heavy (non-hydrogen) atoms. The lowest BCUT2D eigenvalue weighted by molar-refractivity contribution is -0.117. The molecule has 0 N–H and O–H groups in total. The summed E-state index contributed by atoms with van der Waals surface area (Å²) in [6.45, 7) is 0. The van der Waals surface area contributed by atoms with E-state index in [0.717, 1.165) is 11.1 Å². The molecular formula is C8H4Br2ClNO. The van der Waals surface area contributed by atoms with Gasteiger partial charge in [0.25, 0.3) is 0 Å². The fraction of sp³-hybridized carbons (Fsp3) is 0.250.